The van der Waals surface area contributed by atoms with Gasteiger partial charge in [-0.25, -0.2) is 13.4 Å². The quantitative estimate of drug-likeness (QED) is 0.227. The van der Waals surface area contributed by atoms with Gasteiger partial charge < -0.3 is 14.5 Å². The number of nitrogens with one attached hydrogen (secondary N) is 1. The van der Waals surface area contributed by atoms with Crippen LogP contribution in [0.1, 0.15) is 74.8 Å². The van der Waals surface area contributed by atoms with Crippen molar-refractivity contribution in [2.45, 2.75) is 58.8 Å². The Hall–Kier alpha value is -2.70. The number of Topliss-reactive ketones (excluding diaryl/α,β-unsaturated/α-hetero) is 1. The van der Waals surface area contributed by atoms with E-state index in [4.69, 9.17) is 14.8 Å². The van der Waals surface area contributed by atoms with Gasteiger partial charge in [0.15, 0.2) is 11.4 Å². The van der Waals surface area contributed by atoms with E-state index in [1.54, 1.807) is 18.2 Å². The molecule has 0 amide bonds. The summed E-state index contributed by atoms with van der Waals surface area (Å²) < 4.78 is 32.7. The minimum Gasteiger partial charge on any atom is -0.378 e. The van der Waals surface area contributed by atoms with Crippen molar-refractivity contribution in [2.24, 2.45) is 0 Å². The van der Waals surface area contributed by atoms with Crippen LogP contribution in [-0.2, 0) is 14.8 Å². The second-order valence-corrected chi connectivity index (χ2v) is 13.4. The van der Waals surface area contributed by atoms with Gasteiger partial charge in [0.05, 0.1) is 30.9 Å². The van der Waals surface area contributed by atoms with E-state index < -0.39 is 10.0 Å². The molecule has 1 N–H and O–H groups in total. The maximum absolute atomic E-state index is 11.2. The number of benzene rings is 1. The van der Waals surface area contributed by atoms with E-state index in [-0.39, 0.29) is 5.78 Å². The van der Waals surface area contributed by atoms with Gasteiger partial charge in [-0.1, -0.05) is 49.0 Å². The predicted octanol–water partition coefficient (Wildman–Crippen LogP) is 5.48. The summed E-state index contributed by atoms with van der Waals surface area (Å²) in [5.74, 6) is 2.54. The Bertz CT molecular complexity index is 1450. The summed E-state index contributed by atoms with van der Waals surface area (Å²) in [5.41, 5.74) is 2.79. The SMILES string of the molecule is CC(=O)c1cc(Br)ccc1NS(C)(=O)=O.CCCCC[C@H](C)c1cc2nc(N3CCC3)cc(N3CCOCC3)n2n1. The molecule has 0 unspecified atom stereocenters. The minimum absolute atomic E-state index is 0.192. The van der Waals surface area contributed by atoms with E-state index in [2.05, 4.69) is 60.9 Å². The van der Waals surface area contributed by atoms with E-state index in [1.165, 1.54) is 44.7 Å². The smallest absolute Gasteiger partial charge is 0.229 e. The van der Waals surface area contributed by atoms with Crippen molar-refractivity contribution in [2.75, 3.05) is 60.2 Å². The van der Waals surface area contributed by atoms with Crippen molar-refractivity contribution >= 4 is 54.7 Å². The minimum atomic E-state index is -3.36. The summed E-state index contributed by atoms with van der Waals surface area (Å²) in [6, 6.07) is 9.21. The topological polar surface area (TPSA) is 109 Å². The molecule has 2 aromatic heterocycles. The summed E-state index contributed by atoms with van der Waals surface area (Å²) in [5, 5.41) is 4.96. The molecule has 0 saturated carbocycles. The highest BCUT2D eigenvalue weighted by Gasteiger charge is 2.23. The van der Waals surface area contributed by atoms with Crippen LogP contribution in [0.5, 0.6) is 0 Å². The number of fused-ring (bicyclic) bond motifs is 1. The third kappa shape index (κ3) is 8.42. The van der Waals surface area contributed by atoms with Gasteiger partial charge in [0.2, 0.25) is 10.0 Å². The number of nitrogens with zero attached hydrogens (tertiary/aromatic N) is 5. The summed E-state index contributed by atoms with van der Waals surface area (Å²) in [4.78, 5) is 20.9. The number of ether oxygens (including phenoxy) is 1. The Morgan fingerprint density at radius 3 is 2.44 bits per heavy atom. The Balaban J connectivity index is 0.000000221. The first kappa shape index (κ1) is 31.2. The standard InChI is InChI=1S/C20H31N5O.C9H10BrNO3S/c1-3-4-5-7-16(2)17-14-19-21-18(23-8-6-9-23)15-20(25(19)22-17)24-10-12-26-13-11-24;1-6(12)8-5-7(10)3-4-9(8)11-15(2,13)14/h14-16H,3-13H2,1-2H3;3-5,11H,1-2H3/t16-;/m0./s1. The van der Waals surface area contributed by atoms with Crippen LogP contribution in [0.15, 0.2) is 34.8 Å². The van der Waals surface area contributed by atoms with Crippen LogP contribution in [-0.4, -0.2) is 74.4 Å². The van der Waals surface area contributed by atoms with E-state index in [0.717, 1.165) is 67.4 Å². The number of aromatic nitrogens is 3. The summed E-state index contributed by atoms with van der Waals surface area (Å²) in [6.45, 7) is 11.6. The average Bonchev–Trinajstić information content (AvgIpc) is 3.33. The lowest BCUT2D eigenvalue weighted by Crippen LogP contribution is -2.39. The molecule has 1 aromatic carbocycles. The highest BCUT2D eigenvalue weighted by atomic mass is 79.9. The number of hydrogen-bond acceptors (Lipinski definition) is 8. The summed E-state index contributed by atoms with van der Waals surface area (Å²) in [6.07, 6.45) is 7.34. The van der Waals surface area contributed by atoms with Gasteiger partial charge >= 0.3 is 0 Å². The van der Waals surface area contributed by atoms with Crippen molar-refractivity contribution in [3.05, 3.63) is 46.1 Å². The molecule has 12 heteroatoms. The first-order chi connectivity index (χ1) is 19.6. The molecule has 0 aliphatic carbocycles. The van der Waals surface area contributed by atoms with Crippen LogP contribution >= 0.6 is 15.9 Å². The number of rotatable bonds is 10. The van der Waals surface area contributed by atoms with Crippen molar-refractivity contribution in [1.29, 1.82) is 0 Å². The molecule has 10 nitrogen and oxygen atoms in total. The Morgan fingerprint density at radius 2 is 1.83 bits per heavy atom. The largest absolute Gasteiger partial charge is 0.378 e. The molecule has 5 rings (SSSR count). The lowest BCUT2D eigenvalue weighted by molar-refractivity contribution is 0.101. The summed E-state index contributed by atoms with van der Waals surface area (Å²) >= 11 is 3.21. The van der Waals surface area contributed by atoms with Gasteiger partial charge in [0.25, 0.3) is 0 Å². The fourth-order valence-corrected chi connectivity index (χ4v) is 5.81. The van der Waals surface area contributed by atoms with Crippen molar-refractivity contribution < 1.29 is 17.9 Å². The number of carbonyl (C=O) groups excluding carboxylic acids is 1. The molecule has 2 aliphatic heterocycles. The monoisotopic (exact) mass is 648 g/mol. The molecule has 0 radical (unpaired) electrons. The number of unbranched alkanes of at least 4 members (excludes halogenated alkanes) is 2. The number of morpholine rings is 1. The van der Waals surface area contributed by atoms with E-state index in [1.807, 2.05) is 0 Å². The molecule has 0 bridgehead atoms. The normalized spacial score (nSPS) is 16.1. The van der Waals surface area contributed by atoms with Crippen LogP contribution in [0, 0.1) is 0 Å². The summed E-state index contributed by atoms with van der Waals surface area (Å²) in [7, 11) is -3.36. The third-order valence-corrected chi connectivity index (χ3v) is 8.41. The zero-order chi connectivity index (χ0) is 29.6. The highest BCUT2D eigenvalue weighted by Crippen LogP contribution is 2.29. The number of sulfonamides is 1. The van der Waals surface area contributed by atoms with Gasteiger partial charge in [-0.3, -0.25) is 9.52 Å². The first-order valence-electron chi connectivity index (χ1n) is 14.3. The molecule has 4 heterocycles. The molecule has 2 aliphatic rings. The molecule has 1 atom stereocenters. The number of anilines is 3. The molecular weight excluding hydrogens is 608 g/mol. The second-order valence-electron chi connectivity index (χ2n) is 10.8. The Morgan fingerprint density at radius 1 is 1.10 bits per heavy atom. The van der Waals surface area contributed by atoms with Gasteiger partial charge in [-0.15, -0.1) is 0 Å². The van der Waals surface area contributed by atoms with Gasteiger partial charge in [-0.05, 0) is 38.0 Å². The maximum atomic E-state index is 11.2. The van der Waals surface area contributed by atoms with Crippen LogP contribution in [0.3, 0.4) is 0 Å². The fraction of sp³-hybridized carbons (Fsp3) is 0.552. The number of halogens is 1. The lowest BCUT2D eigenvalue weighted by Gasteiger charge is -2.34. The zero-order valence-electron chi connectivity index (χ0n) is 24.4. The number of carbonyl (C=O) groups is 1. The van der Waals surface area contributed by atoms with Gasteiger partial charge in [0.1, 0.15) is 11.6 Å². The maximum Gasteiger partial charge on any atom is 0.229 e. The van der Waals surface area contributed by atoms with Crippen LogP contribution < -0.4 is 14.5 Å². The predicted molar refractivity (Wildman–Crippen MR) is 168 cm³/mol. The Kier molecular flexibility index (Phi) is 10.6. The number of hydrogen-bond donors (Lipinski definition) is 1. The van der Waals surface area contributed by atoms with Crippen molar-refractivity contribution in [1.82, 2.24) is 14.6 Å². The molecular formula is C29H41BrN6O4S. The third-order valence-electron chi connectivity index (χ3n) is 7.33. The van der Waals surface area contributed by atoms with E-state index in [0.29, 0.717) is 17.2 Å². The van der Waals surface area contributed by atoms with Gasteiger partial charge in [-0.2, -0.15) is 9.61 Å². The average molecular weight is 650 g/mol. The fourth-order valence-electron chi connectivity index (χ4n) is 4.87. The van der Waals surface area contributed by atoms with Crippen molar-refractivity contribution in [3.8, 4) is 0 Å². The highest BCUT2D eigenvalue weighted by molar-refractivity contribution is 9.10. The molecule has 2 fully saturated rings. The van der Waals surface area contributed by atoms with E-state index in [9.17, 15) is 13.2 Å². The Labute approximate surface area is 251 Å². The number of ketones is 1. The molecule has 224 valence electrons. The van der Waals surface area contributed by atoms with E-state index >= 15 is 0 Å². The molecule has 2 saturated heterocycles. The second kappa shape index (κ2) is 14.0. The van der Waals surface area contributed by atoms with Crippen molar-refractivity contribution in [3.63, 3.8) is 0 Å². The van der Waals surface area contributed by atoms with Crippen LogP contribution in [0.4, 0.5) is 17.3 Å². The molecule has 0 spiro atoms. The molecule has 3 aromatic rings. The zero-order valence-corrected chi connectivity index (χ0v) is 26.8. The molecule has 41 heavy (non-hydrogen) atoms. The van der Waals surface area contributed by atoms with Crippen LogP contribution in [0.25, 0.3) is 5.65 Å². The van der Waals surface area contributed by atoms with Gasteiger partial charge in [0, 0.05) is 54.3 Å². The first-order valence-corrected chi connectivity index (χ1v) is 17.0. The lowest BCUT2D eigenvalue weighted by atomic mass is 10.0. The van der Waals surface area contributed by atoms with Crippen LogP contribution in [0.2, 0.25) is 0 Å².